The van der Waals surface area contributed by atoms with Crippen molar-refractivity contribution in [3.8, 4) is 0 Å². The molecular weight excluding hydrogens is 258 g/mol. The molecule has 0 amide bonds. The van der Waals surface area contributed by atoms with Gasteiger partial charge in [0.2, 0.25) is 10.0 Å². The van der Waals surface area contributed by atoms with Gasteiger partial charge in [-0.25, -0.2) is 8.42 Å². The fourth-order valence-electron chi connectivity index (χ4n) is 1.83. The highest BCUT2D eigenvalue weighted by atomic mass is 32.2. The van der Waals surface area contributed by atoms with Crippen LogP contribution in [0.5, 0.6) is 0 Å². The van der Waals surface area contributed by atoms with Crippen molar-refractivity contribution in [2.45, 2.75) is 13.3 Å². The zero-order valence-corrected chi connectivity index (χ0v) is 11.7. The average Bonchev–Trinajstić information content (AvgIpc) is 2.42. The van der Waals surface area contributed by atoms with E-state index < -0.39 is 10.0 Å². The van der Waals surface area contributed by atoms with Gasteiger partial charge in [-0.05, 0) is 30.5 Å². The molecule has 0 atom stereocenters. The first-order valence-electron chi connectivity index (χ1n) is 6.23. The molecular formula is C15H17NO2S. The minimum Gasteiger partial charge on any atom is -0.283 e. The Hall–Kier alpha value is -1.81. The molecule has 0 saturated carbocycles. The zero-order chi connectivity index (χ0) is 13.7. The Morgan fingerprint density at radius 1 is 0.947 bits per heavy atom. The smallest absolute Gasteiger partial charge is 0.232 e. The molecule has 0 fully saturated rings. The van der Waals surface area contributed by atoms with Crippen molar-refractivity contribution in [3.63, 3.8) is 0 Å². The summed E-state index contributed by atoms with van der Waals surface area (Å²) >= 11 is 0. The number of rotatable bonds is 5. The van der Waals surface area contributed by atoms with Crippen LogP contribution < -0.4 is 4.72 Å². The van der Waals surface area contributed by atoms with Crippen molar-refractivity contribution in [1.82, 2.24) is 0 Å². The molecule has 2 rings (SSSR count). The summed E-state index contributed by atoms with van der Waals surface area (Å²) in [5, 5.41) is 0. The normalized spacial score (nSPS) is 11.2. The van der Waals surface area contributed by atoms with Gasteiger partial charge in [-0.1, -0.05) is 48.5 Å². The van der Waals surface area contributed by atoms with E-state index in [9.17, 15) is 8.42 Å². The molecule has 0 unspecified atom stereocenters. The highest BCUT2D eigenvalue weighted by Crippen LogP contribution is 2.20. The molecule has 1 N–H and O–H groups in total. The Morgan fingerprint density at radius 3 is 2.26 bits per heavy atom. The summed E-state index contributed by atoms with van der Waals surface area (Å²) in [7, 11) is -3.24. The average molecular weight is 275 g/mol. The van der Waals surface area contributed by atoms with E-state index in [1.807, 2.05) is 48.5 Å². The second kappa shape index (κ2) is 5.89. The van der Waals surface area contributed by atoms with E-state index in [0.29, 0.717) is 12.1 Å². The van der Waals surface area contributed by atoms with Crippen molar-refractivity contribution >= 4 is 15.7 Å². The van der Waals surface area contributed by atoms with Gasteiger partial charge in [0, 0.05) is 0 Å². The minimum atomic E-state index is -3.24. The number of nitrogens with one attached hydrogen (secondary N) is 1. The molecule has 0 saturated heterocycles. The number of benzene rings is 2. The monoisotopic (exact) mass is 275 g/mol. The molecule has 19 heavy (non-hydrogen) atoms. The van der Waals surface area contributed by atoms with E-state index in [1.165, 1.54) is 0 Å². The lowest BCUT2D eigenvalue weighted by Crippen LogP contribution is -2.15. The Balaban J connectivity index is 2.27. The summed E-state index contributed by atoms with van der Waals surface area (Å²) < 4.78 is 26.0. The van der Waals surface area contributed by atoms with Gasteiger partial charge in [-0.3, -0.25) is 4.72 Å². The van der Waals surface area contributed by atoms with E-state index in [-0.39, 0.29) is 5.75 Å². The van der Waals surface area contributed by atoms with Gasteiger partial charge in [0.1, 0.15) is 0 Å². The van der Waals surface area contributed by atoms with E-state index in [2.05, 4.69) is 4.72 Å². The third-order valence-electron chi connectivity index (χ3n) is 2.90. The molecule has 0 radical (unpaired) electrons. The molecule has 0 bridgehead atoms. The van der Waals surface area contributed by atoms with Crippen molar-refractivity contribution in [2.75, 3.05) is 10.5 Å². The van der Waals surface area contributed by atoms with E-state index in [4.69, 9.17) is 0 Å². The number of para-hydroxylation sites is 1. The maximum atomic E-state index is 11.7. The predicted octanol–water partition coefficient (Wildman–Crippen LogP) is 3.04. The van der Waals surface area contributed by atoms with Gasteiger partial charge in [0.05, 0.1) is 11.4 Å². The van der Waals surface area contributed by atoms with Crippen LogP contribution in [0.15, 0.2) is 54.6 Å². The summed E-state index contributed by atoms with van der Waals surface area (Å²) in [6, 6.07) is 17.5. The summed E-state index contributed by atoms with van der Waals surface area (Å²) in [4.78, 5) is 0. The van der Waals surface area contributed by atoms with Crippen molar-refractivity contribution in [2.24, 2.45) is 0 Å². The Labute approximate surface area is 114 Å². The molecule has 0 aliphatic heterocycles. The Morgan fingerprint density at radius 2 is 1.58 bits per heavy atom. The van der Waals surface area contributed by atoms with Gasteiger partial charge < -0.3 is 0 Å². The second-order valence-electron chi connectivity index (χ2n) is 4.33. The molecule has 100 valence electrons. The van der Waals surface area contributed by atoms with Crippen LogP contribution in [-0.4, -0.2) is 14.2 Å². The number of hydrogen-bond acceptors (Lipinski definition) is 2. The molecule has 0 aliphatic carbocycles. The van der Waals surface area contributed by atoms with Gasteiger partial charge in [0.15, 0.2) is 0 Å². The summed E-state index contributed by atoms with van der Waals surface area (Å²) in [5.41, 5.74) is 2.80. The van der Waals surface area contributed by atoms with Crippen LogP contribution in [0.1, 0.15) is 18.1 Å². The van der Waals surface area contributed by atoms with Crippen LogP contribution in [0.2, 0.25) is 0 Å². The second-order valence-corrected chi connectivity index (χ2v) is 6.34. The minimum absolute atomic E-state index is 0.0761. The van der Waals surface area contributed by atoms with Gasteiger partial charge >= 0.3 is 0 Å². The van der Waals surface area contributed by atoms with Crippen LogP contribution in [0, 0.1) is 0 Å². The number of sulfonamides is 1. The summed E-state index contributed by atoms with van der Waals surface area (Å²) in [6.07, 6.45) is 0.712. The van der Waals surface area contributed by atoms with Crippen LogP contribution in [0.25, 0.3) is 0 Å². The first-order valence-corrected chi connectivity index (χ1v) is 7.88. The topological polar surface area (TPSA) is 46.2 Å². The number of anilines is 1. The van der Waals surface area contributed by atoms with Gasteiger partial charge in [-0.15, -0.1) is 0 Å². The van der Waals surface area contributed by atoms with Gasteiger partial charge in [-0.2, -0.15) is 0 Å². The third kappa shape index (κ3) is 3.83. The van der Waals surface area contributed by atoms with Crippen molar-refractivity contribution in [1.29, 1.82) is 0 Å². The quantitative estimate of drug-likeness (QED) is 0.911. The molecule has 3 nitrogen and oxygen atoms in total. The van der Waals surface area contributed by atoms with Crippen molar-refractivity contribution in [3.05, 3.63) is 65.7 Å². The molecule has 4 heteroatoms. The van der Waals surface area contributed by atoms with Crippen LogP contribution in [0.4, 0.5) is 5.69 Å². The molecule has 2 aromatic rings. The molecule has 0 aliphatic rings. The maximum absolute atomic E-state index is 11.7. The first kappa shape index (κ1) is 13.6. The first-order chi connectivity index (χ1) is 9.11. The molecule has 0 spiro atoms. The molecule has 0 aromatic heterocycles. The van der Waals surface area contributed by atoms with Crippen LogP contribution >= 0.6 is 0 Å². The predicted molar refractivity (Wildman–Crippen MR) is 78.8 cm³/mol. The lowest BCUT2D eigenvalue weighted by molar-refractivity contribution is 0.602. The number of hydrogen-bond donors (Lipinski definition) is 1. The third-order valence-corrected chi connectivity index (χ3v) is 4.19. The summed E-state index contributed by atoms with van der Waals surface area (Å²) in [6.45, 7) is 1.63. The SMILES string of the molecule is CCS(=O)(=O)Nc1ccccc1Cc1ccccc1. The van der Waals surface area contributed by atoms with Crippen LogP contribution in [-0.2, 0) is 16.4 Å². The van der Waals surface area contributed by atoms with E-state index in [1.54, 1.807) is 13.0 Å². The largest absolute Gasteiger partial charge is 0.283 e. The van der Waals surface area contributed by atoms with E-state index in [0.717, 1.165) is 11.1 Å². The van der Waals surface area contributed by atoms with E-state index >= 15 is 0 Å². The fraction of sp³-hybridized carbons (Fsp3) is 0.200. The fourth-order valence-corrected chi connectivity index (χ4v) is 2.51. The van der Waals surface area contributed by atoms with Crippen LogP contribution in [0.3, 0.4) is 0 Å². The zero-order valence-electron chi connectivity index (χ0n) is 10.8. The summed E-state index contributed by atoms with van der Waals surface area (Å²) in [5.74, 6) is 0.0761. The lowest BCUT2D eigenvalue weighted by Gasteiger charge is -2.11. The molecule has 2 aromatic carbocycles. The maximum Gasteiger partial charge on any atom is 0.232 e. The molecule has 0 heterocycles. The standard InChI is InChI=1S/C15H17NO2S/c1-2-19(17,18)16-15-11-7-6-10-14(15)12-13-8-4-3-5-9-13/h3-11,16H,2,12H2,1H3. The highest BCUT2D eigenvalue weighted by molar-refractivity contribution is 7.92. The van der Waals surface area contributed by atoms with Crippen molar-refractivity contribution < 1.29 is 8.42 Å². The van der Waals surface area contributed by atoms with Gasteiger partial charge in [0.25, 0.3) is 0 Å². The Kier molecular flexibility index (Phi) is 4.22. The highest BCUT2D eigenvalue weighted by Gasteiger charge is 2.10. The lowest BCUT2D eigenvalue weighted by atomic mass is 10.0. The Bertz CT molecular complexity index is 636.